The van der Waals surface area contributed by atoms with Crippen LogP contribution in [0.1, 0.15) is 11.4 Å². The van der Waals surface area contributed by atoms with Crippen molar-refractivity contribution in [2.75, 3.05) is 33.4 Å². The number of urea groups is 1. The zero-order valence-corrected chi connectivity index (χ0v) is 13.3. The summed E-state index contributed by atoms with van der Waals surface area (Å²) >= 11 is 1.51. The van der Waals surface area contributed by atoms with Crippen LogP contribution < -0.4 is 10.6 Å². The number of amides is 3. The van der Waals surface area contributed by atoms with Gasteiger partial charge in [0.15, 0.2) is 0 Å². The Morgan fingerprint density at radius 1 is 1.59 bits per heavy atom. The lowest BCUT2D eigenvalue weighted by Gasteiger charge is -2.36. The van der Waals surface area contributed by atoms with E-state index in [2.05, 4.69) is 15.6 Å². The van der Waals surface area contributed by atoms with E-state index in [1.165, 1.54) is 11.3 Å². The van der Waals surface area contributed by atoms with Gasteiger partial charge in [0.05, 0.1) is 18.6 Å². The van der Waals surface area contributed by atoms with Crippen molar-refractivity contribution < 1.29 is 14.3 Å². The molecule has 0 saturated carbocycles. The van der Waals surface area contributed by atoms with Gasteiger partial charge in [0.2, 0.25) is 5.91 Å². The third-order valence-corrected chi connectivity index (χ3v) is 5.33. The second kappa shape index (κ2) is 6.21. The van der Waals surface area contributed by atoms with Gasteiger partial charge in [-0.15, -0.1) is 11.3 Å². The van der Waals surface area contributed by atoms with Crippen molar-refractivity contribution in [3.8, 4) is 0 Å². The van der Waals surface area contributed by atoms with Crippen LogP contribution >= 0.6 is 11.3 Å². The number of thiazole rings is 1. The molecule has 3 heterocycles. The van der Waals surface area contributed by atoms with Crippen LogP contribution in [-0.4, -0.2) is 55.2 Å². The molecule has 0 unspecified atom stereocenters. The highest BCUT2D eigenvalue weighted by atomic mass is 32.1. The highest BCUT2D eigenvalue weighted by Crippen LogP contribution is 2.42. The zero-order chi connectivity index (χ0) is 15.6. The highest BCUT2D eigenvalue weighted by molar-refractivity contribution is 7.09. The van der Waals surface area contributed by atoms with Crippen LogP contribution in [-0.2, 0) is 16.1 Å². The SMILES string of the molecule is CNC(=O)[C@@]12CCOC[C@@H]1CN(C(=O)NCc1nccs1)C2. The molecule has 0 aliphatic carbocycles. The molecule has 2 fully saturated rings. The predicted octanol–water partition coefficient (Wildman–Crippen LogP) is 0.437. The summed E-state index contributed by atoms with van der Waals surface area (Å²) < 4.78 is 5.50. The number of rotatable bonds is 3. The molecule has 2 saturated heterocycles. The Morgan fingerprint density at radius 3 is 3.18 bits per heavy atom. The van der Waals surface area contributed by atoms with Crippen molar-refractivity contribution in [1.29, 1.82) is 0 Å². The van der Waals surface area contributed by atoms with Gasteiger partial charge >= 0.3 is 6.03 Å². The van der Waals surface area contributed by atoms with Crippen molar-refractivity contribution in [2.45, 2.75) is 13.0 Å². The first kappa shape index (κ1) is 15.2. The fourth-order valence-corrected chi connectivity index (χ4v) is 3.88. The van der Waals surface area contributed by atoms with Crippen LogP contribution in [0.25, 0.3) is 0 Å². The molecular formula is C14H20N4O3S. The van der Waals surface area contributed by atoms with Gasteiger partial charge in [-0.1, -0.05) is 0 Å². The second-order valence-corrected chi connectivity index (χ2v) is 6.70. The molecule has 2 aliphatic heterocycles. The van der Waals surface area contributed by atoms with E-state index >= 15 is 0 Å². The zero-order valence-electron chi connectivity index (χ0n) is 12.5. The maximum absolute atomic E-state index is 12.4. The van der Waals surface area contributed by atoms with Gasteiger partial charge in [0.1, 0.15) is 5.01 Å². The molecule has 7 nitrogen and oxygen atoms in total. The Balaban J connectivity index is 1.66. The molecule has 0 bridgehead atoms. The summed E-state index contributed by atoms with van der Waals surface area (Å²) in [5, 5.41) is 8.37. The Kier molecular flexibility index (Phi) is 4.30. The predicted molar refractivity (Wildman–Crippen MR) is 81.3 cm³/mol. The summed E-state index contributed by atoms with van der Waals surface area (Å²) in [6, 6.07) is -0.145. The van der Waals surface area contributed by atoms with Crippen LogP contribution in [0.4, 0.5) is 4.79 Å². The molecule has 3 rings (SSSR count). The Bertz CT molecular complexity index is 550. The first-order valence-electron chi connectivity index (χ1n) is 7.37. The summed E-state index contributed by atoms with van der Waals surface area (Å²) in [5.74, 6) is 0.0721. The normalized spacial score (nSPS) is 27.3. The van der Waals surface area contributed by atoms with Crippen molar-refractivity contribution in [2.24, 2.45) is 11.3 Å². The molecule has 0 radical (unpaired) electrons. The lowest BCUT2D eigenvalue weighted by molar-refractivity contribution is -0.138. The summed E-state index contributed by atoms with van der Waals surface area (Å²) in [6.45, 7) is 2.52. The topological polar surface area (TPSA) is 83.6 Å². The molecule has 1 aromatic heterocycles. The number of fused-ring (bicyclic) bond motifs is 1. The summed E-state index contributed by atoms with van der Waals surface area (Å²) in [4.78, 5) is 30.6. The van der Waals surface area contributed by atoms with Gasteiger partial charge < -0.3 is 20.3 Å². The first-order valence-corrected chi connectivity index (χ1v) is 8.25. The summed E-state index contributed by atoms with van der Waals surface area (Å²) in [5.41, 5.74) is -0.508. The number of hydrogen-bond donors (Lipinski definition) is 2. The lowest BCUT2D eigenvalue weighted by Crippen LogP contribution is -2.50. The Hall–Kier alpha value is -1.67. The number of hydrogen-bond acceptors (Lipinski definition) is 5. The molecule has 2 atom stereocenters. The minimum Gasteiger partial charge on any atom is -0.381 e. The van der Waals surface area contributed by atoms with E-state index in [0.717, 1.165) is 5.01 Å². The molecule has 8 heteroatoms. The maximum atomic E-state index is 12.4. The molecule has 0 spiro atoms. The third kappa shape index (κ3) is 2.68. The van der Waals surface area contributed by atoms with Crippen LogP contribution in [0, 0.1) is 11.3 Å². The monoisotopic (exact) mass is 324 g/mol. The number of nitrogens with zero attached hydrogens (tertiary/aromatic N) is 2. The Morgan fingerprint density at radius 2 is 2.45 bits per heavy atom. The van der Waals surface area contributed by atoms with Crippen molar-refractivity contribution >= 4 is 23.3 Å². The number of carbonyl (C=O) groups is 2. The summed E-state index contributed by atoms with van der Waals surface area (Å²) in [6.07, 6.45) is 2.38. The standard InChI is InChI=1S/C14H20N4O3S/c1-15-12(19)14-2-4-21-8-10(14)7-18(9-14)13(20)17-6-11-16-3-5-22-11/h3,5,10H,2,4,6-9H2,1H3,(H,15,19)(H,17,20)/t10-,14+/m0/s1. The molecule has 120 valence electrons. The van der Waals surface area contributed by atoms with Crippen LogP contribution in [0.2, 0.25) is 0 Å². The van der Waals surface area contributed by atoms with E-state index in [0.29, 0.717) is 39.3 Å². The van der Waals surface area contributed by atoms with E-state index in [1.54, 1.807) is 18.1 Å². The molecule has 1 aromatic rings. The van der Waals surface area contributed by atoms with Crippen molar-refractivity contribution in [3.63, 3.8) is 0 Å². The fraction of sp³-hybridized carbons (Fsp3) is 0.643. The molecule has 2 N–H and O–H groups in total. The summed E-state index contributed by atoms with van der Waals surface area (Å²) in [7, 11) is 1.65. The minimum absolute atomic E-state index is 0.0102. The van der Waals surface area contributed by atoms with E-state index < -0.39 is 5.41 Å². The maximum Gasteiger partial charge on any atom is 0.317 e. The molecule has 0 aromatic carbocycles. The average molecular weight is 324 g/mol. The van der Waals surface area contributed by atoms with Gasteiger partial charge in [-0.25, -0.2) is 9.78 Å². The van der Waals surface area contributed by atoms with Gasteiger partial charge in [0, 0.05) is 44.2 Å². The highest BCUT2D eigenvalue weighted by Gasteiger charge is 2.54. The fourth-order valence-electron chi connectivity index (χ4n) is 3.33. The number of carbonyl (C=O) groups excluding carboxylic acids is 2. The lowest BCUT2D eigenvalue weighted by atomic mass is 9.73. The van der Waals surface area contributed by atoms with E-state index in [9.17, 15) is 9.59 Å². The van der Waals surface area contributed by atoms with Crippen LogP contribution in [0.5, 0.6) is 0 Å². The van der Waals surface area contributed by atoms with Crippen LogP contribution in [0.3, 0.4) is 0 Å². The largest absolute Gasteiger partial charge is 0.381 e. The number of nitrogens with one attached hydrogen (secondary N) is 2. The van der Waals surface area contributed by atoms with Crippen LogP contribution in [0.15, 0.2) is 11.6 Å². The quantitative estimate of drug-likeness (QED) is 0.845. The third-order valence-electron chi connectivity index (χ3n) is 4.55. The molecule has 3 amide bonds. The smallest absolute Gasteiger partial charge is 0.317 e. The van der Waals surface area contributed by atoms with Gasteiger partial charge in [-0.2, -0.15) is 0 Å². The minimum atomic E-state index is -0.508. The number of aromatic nitrogens is 1. The van der Waals surface area contributed by atoms with Gasteiger partial charge in [-0.3, -0.25) is 4.79 Å². The second-order valence-electron chi connectivity index (χ2n) is 5.72. The van der Waals surface area contributed by atoms with E-state index in [4.69, 9.17) is 4.74 Å². The van der Waals surface area contributed by atoms with E-state index in [-0.39, 0.29) is 17.9 Å². The van der Waals surface area contributed by atoms with Gasteiger partial charge in [0.25, 0.3) is 0 Å². The van der Waals surface area contributed by atoms with Crippen molar-refractivity contribution in [1.82, 2.24) is 20.5 Å². The Labute approximate surface area is 133 Å². The molecule has 22 heavy (non-hydrogen) atoms. The number of ether oxygens (including phenoxy) is 1. The van der Waals surface area contributed by atoms with Gasteiger partial charge in [-0.05, 0) is 6.42 Å². The number of likely N-dealkylation sites (tertiary alicyclic amines) is 1. The van der Waals surface area contributed by atoms with E-state index in [1.807, 2.05) is 5.38 Å². The van der Waals surface area contributed by atoms with Crippen molar-refractivity contribution in [3.05, 3.63) is 16.6 Å². The first-order chi connectivity index (χ1) is 10.7. The average Bonchev–Trinajstić information content (AvgIpc) is 3.19. The molecule has 2 aliphatic rings. The molecular weight excluding hydrogens is 304 g/mol.